The average Bonchev–Trinajstić information content (AvgIpc) is 2.98. The topological polar surface area (TPSA) is 47.0 Å². The first-order valence-electron chi connectivity index (χ1n) is 7.71. The van der Waals surface area contributed by atoms with Crippen molar-refractivity contribution in [3.8, 4) is 11.5 Å². The molecule has 6 heteroatoms. The summed E-state index contributed by atoms with van der Waals surface area (Å²) in [6.07, 6.45) is 0. The highest BCUT2D eigenvalue weighted by atomic mass is 35.5. The Morgan fingerprint density at radius 3 is 2.44 bits per heavy atom. The molecule has 0 aliphatic rings. The molecule has 2 aromatic heterocycles. The molecule has 4 nitrogen and oxygen atoms in total. The fraction of sp³-hybridized carbons (Fsp3) is 0.0526. The van der Waals surface area contributed by atoms with Gasteiger partial charge < -0.3 is 10.1 Å². The fourth-order valence-electron chi connectivity index (χ4n) is 2.48. The maximum Gasteiger partial charge on any atom is 0.225 e. The van der Waals surface area contributed by atoms with E-state index in [1.165, 1.54) is 4.88 Å². The van der Waals surface area contributed by atoms with Gasteiger partial charge in [0.05, 0.1) is 5.39 Å². The predicted molar refractivity (Wildman–Crippen MR) is 103 cm³/mol. The van der Waals surface area contributed by atoms with Crippen LogP contribution in [0.15, 0.2) is 60.7 Å². The minimum absolute atomic E-state index is 0.237. The first kappa shape index (κ1) is 15.9. The first-order valence-corrected chi connectivity index (χ1v) is 8.90. The second-order valence-electron chi connectivity index (χ2n) is 5.48. The van der Waals surface area contributed by atoms with Gasteiger partial charge in [-0.05, 0) is 61.0 Å². The van der Waals surface area contributed by atoms with E-state index in [4.69, 9.17) is 16.3 Å². The minimum Gasteiger partial charge on any atom is -0.457 e. The third kappa shape index (κ3) is 3.57. The van der Waals surface area contributed by atoms with Gasteiger partial charge in [0.25, 0.3) is 0 Å². The number of aryl methyl sites for hydroxylation is 1. The maximum absolute atomic E-state index is 6.04. The lowest BCUT2D eigenvalue weighted by atomic mass is 10.2. The Balaban J connectivity index is 1.57. The first-order chi connectivity index (χ1) is 12.2. The van der Waals surface area contributed by atoms with Gasteiger partial charge in [0.1, 0.15) is 22.1 Å². The number of nitrogens with zero attached hydrogens (tertiary/aromatic N) is 2. The molecule has 4 aromatic rings. The number of thiophene rings is 1. The zero-order valence-corrected chi connectivity index (χ0v) is 14.9. The summed E-state index contributed by atoms with van der Waals surface area (Å²) in [6, 6.07) is 19.5. The number of halogens is 1. The van der Waals surface area contributed by atoms with E-state index in [0.717, 1.165) is 27.4 Å². The van der Waals surface area contributed by atoms with E-state index in [0.29, 0.717) is 5.82 Å². The molecule has 0 radical (unpaired) electrons. The van der Waals surface area contributed by atoms with E-state index in [2.05, 4.69) is 21.4 Å². The molecule has 4 rings (SSSR count). The zero-order chi connectivity index (χ0) is 17.2. The van der Waals surface area contributed by atoms with E-state index in [1.807, 2.05) is 61.5 Å². The fourth-order valence-corrected chi connectivity index (χ4v) is 3.58. The van der Waals surface area contributed by atoms with E-state index >= 15 is 0 Å². The van der Waals surface area contributed by atoms with Crippen molar-refractivity contribution in [2.24, 2.45) is 0 Å². The van der Waals surface area contributed by atoms with E-state index in [1.54, 1.807) is 11.3 Å². The molecule has 1 N–H and O–H groups in total. The number of anilines is 2. The molecule has 0 aliphatic heterocycles. The molecule has 0 spiro atoms. The molecule has 2 heterocycles. The molecule has 2 aromatic carbocycles. The van der Waals surface area contributed by atoms with Gasteiger partial charge in [-0.15, -0.1) is 11.3 Å². The van der Waals surface area contributed by atoms with Gasteiger partial charge in [0.15, 0.2) is 0 Å². The van der Waals surface area contributed by atoms with Crippen molar-refractivity contribution in [2.45, 2.75) is 6.92 Å². The number of nitrogens with one attached hydrogen (secondary N) is 1. The Bertz CT molecular complexity index is 1020. The number of para-hydroxylation sites is 1. The van der Waals surface area contributed by atoms with Gasteiger partial charge >= 0.3 is 0 Å². The van der Waals surface area contributed by atoms with Crippen LogP contribution in [0, 0.1) is 6.92 Å². The van der Waals surface area contributed by atoms with Crippen LogP contribution in [0.1, 0.15) is 4.88 Å². The second kappa shape index (κ2) is 6.70. The summed E-state index contributed by atoms with van der Waals surface area (Å²) in [7, 11) is 0. The average molecular weight is 368 g/mol. The highest BCUT2D eigenvalue weighted by Crippen LogP contribution is 2.32. The second-order valence-corrected chi connectivity index (χ2v) is 7.05. The highest BCUT2D eigenvalue weighted by Gasteiger charge is 2.10. The Morgan fingerprint density at radius 1 is 0.960 bits per heavy atom. The third-order valence-corrected chi connectivity index (χ3v) is 4.70. The molecular weight excluding hydrogens is 354 g/mol. The SMILES string of the molecule is Cc1cc2c(Nc3ccc(Oc4ccccc4)cc3)nc(Cl)nc2s1. The molecule has 25 heavy (non-hydrogen) atoms. The van der Waals surface area contributed by atoms with Gasteiger partial charge in [-0.2, -0.15) is 4.98 Å². The van der Waals surface area contributed by atoms with Crippen LogP contribution in [0.25, 0.3) is 10.2 Å². The van der Waals surface area contributed by atoms with Crippen molar-refractivity contribution >= 4 is 44.7 Å². The monoisotopic (exact) mass is 367 g/mol. The normalized spacial score (nSPS) is 10.8. The zero-order valence-electron chi connectivity index (χ0n) is 13.4. The van der Waals surface area contributed by atoms with Gasteiger partial charge in [-0.25, -0.2) is 4.98 Å². The third-order valence-electron chi connectivity index (χ3n) is 3.58. The van der Waals surface area contributed by atoms with Gasteiger partial charge in [0.2, 0.25) is 5.28 Å². The molecule has 124 valence electrons. The Kier molecular flexibility index (Phi) is 4.26. The number of hydrogen-bond donors (Lipinski definition) is 1. The van der Waals surface area contributed by atoms with Gasteiger partial charge in [-0.1, -0.05) is 18.2 Å². The van der Waals surface area contributed by atoms with E-state index < -0.39 is 0 Å². The molecule has 0 bridgehead atoms. The number of benzene rings is 2. The predicted octanol–water partition coefficient (Wildman–Crippen LogP) is 6.19. The number of ether oxygens (including phenoxy) is 1. The largest absolute Gasteiger partial charge is 0.457 e. The van der Waals surface area contributed by atoms with Crippen LogP contribution < -0.4 is 10.1 Å². The lowest BCUT2D eigenvalue weighted by molar-refractivity contribution is 0.483. The molecule has 0 fully saturated rings. The van der Waals surface area contributed by atoms with Gasteiger partial charge in [0, 0.05) is 10.6 Å². The molecule has 0 unspecified atom stereocenters. The summed E-state index contributed by atoms with van der Waals surface area (Å²) in [6.45, 7) is 2.04. The van der Waals surface area contributed by atoms with Crippen molar-refractivity contribution in [3.05, 3.63) is 70.8 Å². The molecule has 0 saturated heterocycles. The summed E-state index contributed by atoms with van der Waals surface area (Å²) in [4.78, 5) is 10.6. The summed E-state index contributed by atoms with van der Waals surface area (Å²) in [5.41, 5.74) is 0.903. The number of rotatable bonds is 4. The summed E-state index contributed by atoms with van der Waals surface area (Å²) in [5.74, 6) is 2.28. The van der Waals surface area contributed by atoms with Crippen molar-refractivity contribution in [1.29, 1.82) is 0 Å². The van der Waals surface area contributed by atoms with Crippen molar-refractivity contribution in [2.75, 3.05) is 5.32 Å². The number of hydrogen-bond acceptors (Lipinski definition) is 5. The molecule has 0 aliphatic carbocycles. The smallest absolute Gasteiger partial charge is 0.225 e. The highest BCUT2D eigenvalue weighted by molar-refractivity contribution is 7.18. The van der Waals surface area contributed by atoms with Crippen LogP contribution in [-0.4, -0.2) is 9.97 Å². The summed E-state index contributed by atoms with van der Waals surface area (Å²) >= 11 is 7.64. The van der Waals surface area contributed by atoms with Crippen molar-refractivity contribution < 1.29 is 4.74 Å². The molecule has 0 amide bonds. The van der Waals surface area contributed by atoms with Crippen LogP contribution in [0.4, 0.5) is 11.5 Å². The molecular formula is C19H14ClN3OS. The van der Waals surface area contributed by atoms with Crippen LogP contribution in [0.3, 0.4) is 0 Å². The Morgan fingerprint density at radius 2 is 1.68 bits per heavy atom. The molecule has 0 saturated carbocycles. The van der Waals surface area contributed by atoms with Crippen molar-refractivity contribution in [3.63, 3.8) is 0 Å². The summed E-state index contributed by atoms with van der Waals surface area (Å²) in [5, 5.41) is 4.51. The Hall–Kier alpha value is -2.63. The summed E-state index contributed by atoms with van der Waals surface area (Å²) < 4.78 is 5.80. The van der Waals surface area contributed by atoms with Crippen LogP contribution in [0.5, 0.6) is 11.5 Å². The molecule has 0 atom stereocenters. The quantitative estimate of drug-likeness (QED) is 0.437. The van der Waals surface area contributed by atoms with Crippen LogP contribution in [0.2, 0.25) is 5.28 Å². The maximum atomic E-state index is 6.04. The van der Waals surface area contributed by atoms with Crippen LogP contribution in [-0.2, 0) is 0 Å². The van der Waals surface area contributed by atoms with E-state index in [-0.39, 0.29) is 5.28 Å². The standard InChI is InChI=1S/C19H14ClN3OS/c1-12-11-16-17(22-19(20)23-18(16)25-12)21-13-7-9-15(10-8-13)24-14-5-3-2-4-6-14/h2-11H,1H3,(H,21,22,23). The van der Waals surface area contributed by atoms with Gasteiger partial charge in [-0.3, -0.25) is 0 Å². The number of aromatic nitrogens is 2. The minimum atomic E-state index is 0.237. The lowest BCUT2D eigenvalue weighted by Gasteiger charge is -2.09. The Labute approximate surface area is 154 Å². The van der Waals surface area contributed by atoms with Crippen LogP contribution >= 0.6 is 22.9 Å². The van der Waals surface area contributed by atoms with Crippen molar-refractivity contribution in [1.82, 2.24) is 9.97 Å². The number of fused-ring (bicyclic) bond motifs is 1. The lowest BCUT2D eigenvalue weighted by Crippen LogP contribution is -1.96. The van der Waals surface area contributed by atoms with E-state index in [9.17, 15) is 0 Å².